The van der Waals surface area contributed by atoms with Crippen LogP contribution in [0.1, 0.15) is 24.2 Å². The number of hydrogen-bond donors (Lipinski definition) is 1. The summed E-state index contributed by atoms with van der Waals surface area (Å²) in [4.78, 5) is 23.9. The van der Waals surface area contributed by atoms with Gasteiger partial charge in [0.2, 0.25) is 0 Å². The van der Waals surface area contributed by atoms with E-state index in [2.05, 4.69) is 5.32 Å². The van der Waals surface area contributed by atoms with E-state index in [-0.39, 0.29) is 23.0 Å². The monoisotopic (exact) mass is 365 g/mol. The predicted molar refractivity (Wildman–Crippen MR) is 92.5 cm³/mol. The van der Waals surface area contributed by atoms with Gasteiger partial charge in [0, 0.05) is 5.69 Å². The van der Waals surface area contributed by atoms with E-state index < -0.39 is 18.0 Å². The van der Waals surface area contributed by atoms with Gasteiger partial charge < -0.3 is 14.8 Å². The van der Waals surface area contributed by atoms with Crippen LogP contribution in [0.5, 0.6) is 5.75 Å². The Balaban J connectivity index is 2.00. The molecular weight excluding hydrogens is 349 g/mol. The van der Waals surface area contributed by atoms with E-state index in [4.69, 9.17) is 21.1 Å². The molecule has 1 N–H and O–H groups in total. The summed E-state index contributed by atoms with van der Waals surface area (Å²) in [5.74, 6) is -0.955. The summed E-state index contributed by atoms with van der Waals surface area (Å²) in [7, 11) is 0. The van der Waals surface area contributed by atoms with E-state index in [0.717, 1.165) is 0 Å². The Labute approximate surface area is 149 Å². The van der Waals surface area contributed by atoms with Gasteiger partial charge in [-0.25, -0.2) is 9.18 Å². The Morgan fingerprint density at radius 3 is 2.48 bits per heavy atom. The van der Waals surface area contributed by atoms with E-state index in [1.54, 1.807) is 19.9 Å². The summed E-state index contributed by atoms with van der Waals surface area (Å²) in [6.45, 7) is 3.50. The van der Waals surface area contributed by atoms with Gasteiger partial charge in [-0.15, -0.1) is 0 Å². The van der Waals surface area contributed by atoms with Gasteiger partial charge in [-0.1, -0.05) is 11.6 Å². The quantitative estimate of drug-likeness (QED) is 0.784. The van der Waals surface area contributed by atoms with Crippen molar-refractivity contribution in [1.82, 2.24) is 0 Å². The molecule has 0 saturated heterocycles. The van der Waals surface area contributed by atoms with Gasteiger partial charge in [-0.05, 0) is 56.3 Å². The fourth-order valence-electron chi connectivity index (χ4n) is 1.98. The third-order valence-corrected chi connectivity index (χ3v) is 3.54. The highest BCUT2D eigenvalue weighted by Crippen LogP contribution is 2.22. The van der Waals surface area contributed by atoms with Gasteiger partial charge in [0.1, 0.15) is 11.6 Å². The second-order valence-electron chi connectivity index (χ2n) is 5.12. The molecule has 2 aromatic carbocycles. The smallest absolute Gasteiger partial charge is 0.339 e. The van der Waals surface area contributed by atoms with Gasteiger partial charge in [-0.3, -0.25) is 4.79 Å². The lowest BCUT2D eigenvalue weighted by Crippen LogP contribution is -2.30. The molecule has 0 bridgehead atoms. The van der Waals surface area contributed by atoms with Gasteiger partial charge in [0.25, 0.3) is 5.91 Å². The summed E-state index contributed by atoms with van der Waals surface area (Å²) >= 11 is 6.05. The highest BCUT2D eigenvalue weighted by Gasteiger charge is 2.17. The Hall–Kier alpha value is -2.60. The minimum absolute atomic E-state index is 0.170. The first-order valence-corrected chi connectivity index (χ1v) is 7.98. The van der Waals surface area contributed by atoms with Gasteiger partial charge in [0.15, 0.2) is 6.10 Å². The average molecular weight is 366 g/mol. The van der Waals surface area contributed by atoms with E-state index in [1.807, 2.05) is 0 Å². The van der Waals surface area contributed by atoms with Crippen molar-refractivity contribution in [3.05, 3.63) is 58.9 Å². The third kappa shape index (κ3) is 5.19. The standard InChI is InChI=1S/C18H17ClFNO4/c1-3-24-18(23)15-9-6-13(10-16(15)19)21-17(22)11(2)25-14-7-4-12(20)5-8-14/h4-11H,3H2,1-2H3,(H,21,22)/t11-/m1/s1. The molecule has 0 aliphatic carbocycles. The highest BCUT2D eigenvalue weighted by atomic mass is 35.5. The summed E-state index contributed by atoms with van der Waals surface area (Å²) in [6.07, 6.45) is -0.811. The van der Waals surface area contributed by atoms with Crippen LogP contribution < -0.4 is 10.1 Å². The Bertz CT molecular complexity index is 764. The molecule has 0 aromatic heterocycles. The lowest BCUT2D eigenvalue weighted by Gasteiger charge is -2.15. The van der Waals surface area contributed by atoms with Crippen molar-refractivity contribution in [2.75, 3.05) is 11.9 Å². The number of halogens is 2. The SMILES string of the molecule is CCOC(=O)c1ccc(NC(=O)[C@@H](C)Oc2ccc(F)cc2)cc1Cl. The number of benzene rings is 2. The molecule has 1 atom stereocenters. The average Bonchev–Trinajstić information content (AvgIpc) is 2.57. The first-order chi connectivity index (χ1) is 11.9. The number of hydrogen-bond acceptors (Lipinski definition) is 4. The number of esters is 1. The predicted octanol–water partition coefficient (Wildman–Crippen LogP) is 4.06. The number of anilines is 1. The summed E-state index contributed by atoms with van der Waals surface area (Å²) < 4.78 is 23.2. The van der Waals surface area contributed by atoms with Crippen LogP contribution in [0.4, 0.5) is 10.1 Å². The van der Waals surface area contributed by atoms with Crippen molar-refractivity contribution in [2.24, 2.45) is 0 Å². The zero-order valence-electron chi connectivity index (χ0n) is 13.7. The first-order valence-electron chi connectivity index (χ1n) is 7.60. The first kappa shape index (κ1) is 18.7. The maximum atomic E-state index is 12.9. The summed E-state index contributed by atoms with van der Waals surface area (Å²) in [6, 6.07) is 9.83. The fraction of sp³-hybridized carbons (Fsp3) is 0.222. The van der Waals surface area contributed by atoms with Crippen LogP contribution in [0.25, 0.3) is 0 Å². The summed E-state index contributed by atoms with van der Waals surface area (Å²) in [5.41, 5.74) is 0.634. The number of ether oxygens (including phenoxy) is 2. The molecule has 0 heterocycles. The maximum absolute atomic E-state index is 12.9. The second kappa shape index (κ2) is 8.48. The molecule has 0 radical (unpaired) electrons. The molecule has 0 aliphatic rings. The van der Waals surface area contributed by atoms with Crippen molar-refractivity contribution in [1.29, 1.82) is 0 Å². The molecule has 7 heteroatoms. The normalized spacial score (nSPS) is 11.5. The molecule has 0 aliphatic heterocycles. The molecule has 1 amide bonds. The fourth-order valence-corrected chi connectivity index (χ4v) is 2.24. The Kier molecular flexibility index (Phi) is 6.36. The second-order valence-corrected chi connectivity index (χ2v) is 5.53. The number of rotatable bonds is 6. The van der Waals surface area contributed by atoms with Crippen molar-refractivity contribution < 1.29 is 23.5 Å². The molecule has 0 fully saturated rings. The van der Waals surface area contributed by atoms with Crippen LogP contribution >= 0.6 is 11.6 Å². The van der Waals surface area contributed by atoms with Crippen LogP contribution in [0.15, 0.2) is 42.5 Å². The highest BCUT2D eigenvalue weighted by molar-refractivity contribution is 6.34. The molecule has 2 rings (SSSR count). The van der Waals surface area contributed by atoms with Gasteiger partial charge in [0.05, 0.1) is 17.2 Å². The van der Waals surface area contributed by atoms with E-state index in [0.29, 0.717) is 11.4 Å². The van der Waals surface area contributed by atoms with Crippen LogP contribution in [0.2, 0.25) is 5.02 Å². The van der Waals surface area contributed by atoms with E-state index in [9.17, 15) is 14.0 Å². The van der Waals surface area contributed by atoms with Crippen LogP contribution in [0, 0.1) is 5.82 Å². The Morgan fingerprint density at radius 2 is 1.88 bits per heavy atom. The number of carbonyl (C=O) groups is 2. The molecule has 5 nitrogen and oxygen atoms in total. The maximum Gasteiger partial charge on any atom is 0.339 e. The lowest BCUT2D eigenvalue weighted by molar-refractivity contribution is -0.122. The number of nitrogens with one attached hydrogen (secondary N) is 1. The summed E-state index contributed by atoms with van der Waals surface area (Å²) in [5, 5.41) is 2.81. The van der Waals surface area contributed by atoms with Crippen molar-refractivity contribution >= 4 is 29.2 Å². The topological polar surface area (TPSA) is 64.6 Å². The number of carbonyl (C=O) groups excluding carboxylic acids is 2. The minimum atomic E-state index is -0.811. The number of amides is 1. The zero-order chi connectivity index (χ0) is 18.4. The van der Waals surface area contributed by atoms with Crippen LogP contribution in [0.3, 0.4) is 0 Å². The third-order valence-electron chi connectivity index (χ3n) is 3.23. The van der Waals surface area contributed by atoms with E-state index in [1.165, 1.54) is 36.4 Å². The zero-order valence-corrected chi connectivity index (χ0v) is 14.5. The van der Waals surface area contributed by atoms with Crippen molar-refractivity contribution in [3.63, 3.8) is 0 Å². The molecular formula is C18H17ClFNO4. The molecule has 2 aromatic rings. The van der Waals surface area contributed by atoms with Gasteiger partial charge >= 0.3 is 5.97 Å². The largest absolute Gasteiger partial charge is 0.481 e. The van der Waals surface area contributed by atoms with Gasteiger partial charge in [-0.2, -0.15) is 0 Å². The lowest BCUT2D eigenvalue weighted by atomic mass is 10.2. The van der Waals surface area contributed by atoms with Crippen LogP contribution in [-0.4, -0.2) is 24.6 Å². The molecule has 0 unspecified atom stereocenters. The van der Waals surface area contributed by atoms with Crippen molar-refractivity contribution in [2.45, 2.75) is 20.0 Å². The Morgan fingerprint density at radius 1 is 1.20 bits per heavy atom. The van der Waals surface area contributed by atoms with Crippen LogP contribution in [-0.2, 0) is 9.53 Å². The molecule has 132 valence electrons. The molecule has 0 spiro atoms. The molecule has 25 heavy (non-hydrogen) atoms. The van der Waals surface area contributed by atoms with E-state index >= 15 is 0 Å². The minimum Gasteiger partial charge on any atom is -0.481 e. The molecule has 0 saturated carbocycles. The van der Waals surface area contributed by atoms with Crippen molar-refractivity contribution in [3.8, 4) is 5.75 Å².